The third kappa shape index (κ3) is 2.90. The Bertz CT molecular complexity index is 690. The summed E-state index contributed by atoms with van der Waals surface area (Å²) >= 11 is 5.23. The van der Waals surface area contributed by atoms with Gasteiger partial charge in [-0.05, 0) is 23.6 Å². The van der Waals surface area contributed by atoms with Crippen LogP contribution in [0.25, 0.3) is 0 Å². The number of phenols is 1. The molecule has 1 aromatic heterocycles. The minimum Gasteiger partial charge on any atom is -0.506 e. The molecule has 0 bridgehead atoms. The molecule has 1 saturated heterocycles. The van der Waals surface area contributed by atoms with Crippen LogP contribution in [0.1, 0.15) is 22.0 Å². The molecule has 6 heteroatoms. The lowest BCUT2D eigenvalue weighted by Crippen LogP contribution is -2.45. The molecular formula is C16H16BrN3OS. The maximum atomic E-state index is 10.6. The van der Waals surface area contributed by atoms with Crippen molar-refractivity contribution in [2.24, 2.45) is 0 Å². The molecule has 1 aliphatic rings. The van der Waals surface area contributed by atoms with Crippen LogP contribution in [0, 0.1) is 11.3 Å². The summed E-state index contributed by atoms with van der Waals surface area (Å²) in [5.74, 6) is 0.0776. The average molecular weight is 378 g/mol. The monoisotopic (exact) mass is 377 g/mol. The molecule has 2 aromatic rings. The van der Waals surface area contributed by atoms with Gasteiger partial charge < -0.3 is 10.4 Å². The van der Waals surface area contributed by atoms with E-state index in [2.05, 4.69) is 38.3 Å². The van der Waals surface area contributed by atoms with Crippen molar-refractivity contribution in [2.45, 2.75) is 6.04 Å². The minimum absolute atomic E-state index is 0.0372. The van der Waals surface area contributed by atoms with Crippen molar-refractivity contribution < 1.29 is 5.11 Å². The van der Waals surface area contributed by atoms with E-state index in [-0.39, 0.29) is 11.8 Å². The van der Waals surface area contributed by atoms with Gasteiger partial charge >= 0.3 is 0 Å². The predicted molar refractivity (Wildman–Crippen MR) is 91.1 cm³/mol. The Labute approximate surface area is 142 Å². The fraction of sp³-hybridized carbons (Fsp3) is 0.312. The number of hydrogen-bond acceptors (Lipinski definition) is 5. The Morgan fingerprint density at radius 1 is 1.32 bits per heavy atom. The maximum absolute atomic E-state index is 10.6. The van der Waals surface area contributed by atoms with Crippen molar-refractivity contribution >= 4 is 27.3 Å². The number of nitrogens with one attached hydrogen (secondary N) is 1. The first-order valence-corrected chi connectivity index (χ1v) is 8.79. The number of rotatable bonds is 3. The number of nitriles is 1. The summed E-state index contributed by atoms with van der Waals surface area (Å²) in [6.07, 6.45) is 0. The molecule has 2 N–H and O–H groups in total. The molecule has 2 heterocycles. The molecule has 1 fully saturated rings. The van der Waals surface area contributed by atoms with Crippen LogP contribution < -0.4 is 5.32 Å². The Morgan fingerprint density at radius 3 is 2.73 bits per heavy atom. The van der Waals surface area contributed by atoms with Gasteiger partial charge in [-0.3, -0.25) is 4.90 Å². The fourth-order valence-electron chi connectivity index (χ4n) is 2.83. The molecule has 0 unspecified atom stereocenters. The summed E-state index contributed by atoms with van der Waals surface area (Å²) in [5.41, 5.74) is 1.10. The quantitative estimate of drug-likeness (QED) is 0.862. The Balaban J connectivity index is 2.12. The molecule has 22 heavy (non-hydrogen) atoms. The summed E-state index contributed by atoms with van der Waals surface area (Å²) in [4.78, 5) is 3.52. The molecule has 1 aromatic carbocycles. The molecule has 0 amide bonds. The molecule has 3 rings (SSSR count). The van der Waals surface area contributed by atoms with Crippen LogP contribution in [0.15, 0.2) is 34.1 Å². The van der Waals surface area contributed by atoms with Crippen molar-refractivity contribution in [2.75, 3.05) is 26.2 Å². The fourth-order valence-corrected chi connectivity index (χ4v) is 4.23. The Hall–Kier alpha value is -1.39. The van der Waals surface area contributed by atoms with Crippen molar-refractivity contribution in [1.82, 2.24) is 10.2 Å². The van der Waals surface area contributed by atoms with E-state index in [9.17, 15) is 10.4 Å². The molecule has 0 radical (unpaired) electrons. The second-order valence-electron chi connectivity index (χ2n) is 5.17. The number of aromatic hydroxyl groups is 1. The molecule has 0 spiro atoms. The molecule has 1 atom stereocenters. The third-order valence-electron chi connectivity index (χ3n) is 3.89. The second-order valence-corrected chi connectivity index (χ2v) is 7.01. The highest BCUT2D eigenvalue weighted by atomic mass is 79.9. The van der Waals surface area contributed by atoms with Gasteiger partial charge in [0.25, 0.3) is 0 Å². The largest absolute Gasteiger partial charge is 0.506 e. The summed E-state index contributed by atoms with van der Waals surface area (Å²) in [6, 6.07) is 9.63. The molecule has 0 saturated carbocycles. The van der Waals surface area contributed by atoms with Gasteiger partial charge in [-0.25, -0.2) is 0 Å². The highest BCUT2D eigenvalue weighted by molar-refractivity contribution is 9.10. The van der Waals surface area contributed by atoms with E-state index >= 15 is 0 Å². The van der Waals surface area contributed by atoms with Crippen LogP contribution in [-0.4, -0.2) is 36.2 Å². The zero-order valence-corrected chi connectivity index (χ0v) is 14.3. The van der Waals surface area contributed by atoms with Crippen LogP contribution >= 0.6 is 27.3 Å². The van der Waals surface area contributed by atoms with Gasteiger partial charge in [0.1, 0.15) is 11.8 Å². The predicted octanol–water partition coefficient (Wildman–Crippen LogP) is 3.08. The van der Waals surface area contributed by atoms with E-state index in [1.165, 1.54) is 4.88 Å². The molecule has 1 aliphatic heterocycles. The first-order valence-electron chi connectivity index (χ1n) is 7.12. The van der Waals surface area contributed by atoms with Gasteiger partial charge in [0, 0.05) is 41.1 Å². The van der Waals surface area contributed by atoms with Crippen molar-refractivity contribution in [3.8, 4) is 11.8 Å². The van der Waals surface area contributed by atoms with E-state index in [1.54, 1.807) is 17.4 Å². The lowest BCUT2D eigenvalue weighted by molar-refractivity contribution is 0.197. The van der Waals surface area contributed by atoms with E-state index in [0.717, 1.165) is 36.2 Å². The summed E-state index contributed by atoms with van der Waals surface area (Å²) in [6.45, 7) is 3.67. The normalized spacial score (nSPS) is 17.1. The minimum atomic E-state index is -0.0372. The first kappa shape index (κ1) is 15.5. The van der Waals surface area contributed by atoms with Crippen LogP contribution in [0.5, 0.6) is 5.75 Å². The number of nitrogens with zero attached hydrogens (tertiary/aromatic N) is 2. The second kappa shape index (κ2) is 6.80. The number of thiophene rings is 1. The molecular weight excluding hydrogens is 362 g/mol. The van der Waals surface area contributed by atoms with E-state index in [0.29, 0.717) is 5.56 Å². The number of piperazine rings is 1. The smallest absolute Gasteiger partial charge is 0.139 e. The van der Waals surface area contributed by atoms with Crippen LogP contribution in [0.4, 0.5) is 0 Å². The Kier molecular flexibility index (Phi) is 4.79. The highest BCUT2D eigenvalue weighted by Gasteiger charge is 2.29. The topological polar surface area (TPSA) is 59.3 Å². The van der Waals surface area contributed by atoms with Gasteiger partial charge in [0.15, 0.2) is 0 Å². The standard InChI is InChI=1S/C16H16BrN3OS/c17-12-4-3-11(10-18)16(21)14(12)15(13-2-1-9-22-13)20-7-5-19-6-8-20/h1-4,9,15,19,21H,5-8H2/t15-/m1/s1. The number of halogens is 1. The zero-order valence-electron chi connectivity index (χ0n) is 11.9. The van der Waals surface area contributed by atoms with E-state index in [1.807, 2.05) is 17.5 Å². The summed E-state index contributed by atoms with van der Waals surface area (Å²) < 4.78 is 0.834. The number of phenolic OH excluding ortho intramolecular Hbond substituents is 1. The van der Waals surface area contributed by atoms with Crippen LogP contribution in [0.3, 0.4) is 0 Å². The Morgan fingerprint density at radius 2 is 2.09 bits per heavy atom. The van der Waals surface area contributed by atoms with Crippen molar-refractivity contribution in [3.05, 3.63) is 50.1 Å². The van der Waals surface area contributed by atoms with E-state index < -0.39 is 0 Å². The summed E-state index contributed by atoms with van der Waals surface area (Å²) in [7, 11) is 0. The average Bonchev–Trinajstić information content (AvgIpc) is 3.06. The maximum Gasteiger partial charge on any atom is 0.139 e. The van der Waals surface area contributed by atoms with Crippen molar-refractivity contribution in [3.63, 3.8) is 0 Å². The number of benzene rings is 1. The van der Waals surface area contributed by atoms with E-state index in [4.69, 9.17) is 0 Å². The molecule has 4 nitrogen and oxygen atoms in total. The van der Waals surface area contributed by atoms with Gasteiger partial charge in [-0.1, -0.05) is 22.0 Å². The first-order chi connectivity index (χ1) is 10.7. The van der Waals surface area contributed by atoms with Crippen molar-refractivity contribution in [1.29, 1.82) is 5.26 Å². The van der Waals surface area contributed by atoms with Gasteiger partial charge in [-0.15, -0.1) is 11.3 Å². The highest BCUT2D eigenvalue weighted by Crippen LogP contribution is 2.42. The van der Waals surface area contributed by atoms with Gasteiger partial charge in [0.05, 0.1) is 11.6 Å². The lowest BCUT2D eigenvalue weighted by atomic mass is 9.99. The molecule has 114 valence electrons. The third-order valence-corrected chi connectivity index (χ3v) is 5.50. The van der Waals surface area contributed by atoms with Crippen LogP contribution in [-0.2, 0) is 0 Å². The van der Waals surface area contributed by atoms with Gasteiger partial charge in [-0.2, -0.15) is 5.26 Å². The van der Waals surface area contributed by atoms with Gasteiger partial charge in [0.2, 0.25) is 0 Å². The SMILES string of the molecule is N#Cc1ccc(Br)c([C@@H](c2cccs2)N2CCNCC2)c1O. The lowest BCUT2D eigenvalue weighted by Gasteiger charge is -2.35. The zero-order chi connectivity index (χ0) is 15.5. The summed E-state index contributed by atoms with van der Waals surface area (Å²) in [5, 5.41) is 25.2. The number of hydrogen-bond donors (Lipinski definition) is 2. The van der Waals surface area contributed by atoms with Crippen LogP contribution in [0.2, 0.25) is 0 Å². The molecule has 0 aliphatic carbocycles.